The van der Waals surface area contributed by atoms with Crippen molar-refractivity contribution in [3.63, 3.8) is 0 Å². The van der Waals surface area contributed by atoms with E-state index in [0.29, 0.717) is 0 Å². The molecular weight excluding hydrogens is 551 g/mol. The molecule has 0 fully saturated rings. The Labute approximate surface area is 274 Å². The Bertz CT molecular complexity index is 2440. The SMILES string of the molecule is Bc1c(B)c(B)c(-c2ccc3c(-n4c(-c5ccccc5)nc5ccccc54)c4ccccc4c(-c4ccccc4)c3c2)c(B)c1B. The molecule has 7 heteroatoms. The third-order valence-electron chi connectivity index (χ3n) is 10.2. The van der Waals surface area contributed by atoms with Gasteiger partial charge in [-0.25, -0.2) is 4.98 Å². The summed E-state index contributed by atoms with van der Waals surface area (Å²) >= 11 is 0. The summed E-state index contributed by atoms with van der Waals surface area (Å²) in [6.45, 7) is 0. The van der Waals surface area contributed by atoms with Crippen LogP contribution in [0.15, 0.2) is 127 Å². The molecule has 1 heterocycles. The monoisotopic (exact) mass is 582 g/mol. The van der Waals surface area contributed by atoms with Crippen molar-refractivity contribution in [2.45, 2.75) is 0 Å². The maximum absolute atomic E-state index is 5.23. The fourth-order valence-electron chi connectivity index (χ4n) is 7.43. The van der Waals surface area contributed by atoms with Crippen LogP contribution in [-0.2, 0) is 0 Å². The van der Waals surface area contributed by atoms with Crippen LogP contribution in [0.5, 0.6) is 0 Å². The topological polar surface area (TPSA) is 17.8 Å². The molecule has 0 radical (unpaired) electrons. The van der Waals surface area contributed by atoms with Crippen LogP contribution in [0.1, 0.15) is 0 Å². The number of imidazole rings is 1. The van der Waals surface area contributed by atoms with Gasteiger partial charge in [0.25, 0.3) is 0 Å². The van der Waals surface area contributed by atoms with Crippen LogP contribution in [0, 0.1) is 0 Å². The Morgan fingerprint density at radius 3 is 1.65 bits per heavy atom. The van der Waals surface area contributed by atoms with Gasteiger partial charge in [0.2, 0.25) is 0 Å². The number of fused-ring (bicyclic) bond motifs is 3. The van der Waals surface area contributed by atoms with E-state index < -0.39 is 0 Å². The van der Waals surface area contributed by atoms with E-state index >= 15 is 0 Å². The van der Waals surface area contributed by atoms with E-state index in [2.05, 4.69) is 171 Å². The summed E-state index contributed by atoms with van der Waals surface area (Å²) in [7, 11) is 11.3. The zero-order valence-electron chi connectivity index (χ0n) is 27.0. The predicted molar refractivity (Wildman–Crippen MR) is 213 cm³/mol. The second-order valence-electron chi connectivity index (χ2n) is 12.5. The zero-order chi connectivity index (χ0) is 31.5. The first-order valence-electron chi connectivity index (χ1n) is 16.1. The van der Waals surface area contributed by atoms with Crippen LogP contribution in [0.4, 0.5) is 0 Å². The highest BCUT2D eigenvalue weighted by Crippen LogP contribution is 2.44. The van der Waals surface area contributed by atoms with Gasteiger partial charge in [0.1, 0.15) is 45.1 Å². The molecule has 0 aliphatic heterocycles. The van der Waals surface area contributed by atoms with Crippen molar-refractivity contribution in [2.75, 3.05) is 0 Å². The lowest BCUT2D eigenvalue weighted by Gasteiger charge is -2.23. The minimum absolute atomic E-state index is 0.946. The van der Waals surface area contributed by atoms with E-state index in [1.54, 1.807) is 0 Å². The number of hydrogen-bond acceptors (Lipinski definition) is 1. The lowest BCUT2D eigenvalue weighted by atomic mass is 9.59. The third kappa shape index (κ3) is 4.30. The minimum atomic E-state index is 0.946. The van der Waals surface area contributed by atoms with Crippen LogP contribution in [-0.4, -0.2) is 48.8 Å². The van der Waals surface area contributed by atoms with Crippen molar-refractivity contribution in [1.82, 2.24) is 9.55 Å². The molecule has 1 aromatic heterocycles. The minimum Gasteiger partial charge on any atom is -0.291 e. The van der Waals surface area contributed by atoms with E-state index in [9.17, 15) is 0 Å². The van der Waals surface area contributed by atoms with Crippen molar-refractivity contribution in [3.8, 4) is 39.3 Å². The first-order valence-corrected chi connectivity index (χ1v) is 16.1. The van der Waals surface area contributed by atoms with E-state index in [4.69, 9.17) is 4.98 Å². The number of para-hydroxylation sites is 2. The first-order chi connectivity index (χ1) is 22.4. The average molecular weight is 582 g/mol. The van der Waals surface area contributed by atoms with Crippen molar-refractivity contribution in [1.29, 1.82) is 0 Å². The molecule has 0 amide bonds. The molecule has 0 unspecified atom stereocenters. The fourth-order valence-corrected chi connectivity index (χ4v) is 7.43. The normalized spacial score (nSPS) is 11.5. The van der Waals surface area contributed by atoms with Gasteiger partial charge in [-0.05, 0) is 51.2 Å². The quantitative estimate of drug-likeness (QED) is 0.228. The van der Waals surface area contributed by atoms with E-state index in [-0.39, 0.29) is 0 Å². The van der Waals surface area contributed by atoms with Gasteiger partial charge < -0.3 is 0 Å². The summed E-state index contributed by atoms with van der Waals surface area (Å²) in [5.74, 6) is 0.946. The van der Waals surface area contributed by atoms with Crippen LogP contribution >= 0.6 is 0 Å². The molecule has 0 aliphatic carbocycles. The summed E-state index contributed by atoms with van der Waals surface area (Å²) < 4.78 is 2.39. The fraction of sp³-hybridized carbons (Fsp3) is 0. The molecule has 0 N–H and O–H groups in total. The Hall–Kier alpha value is -5.15. The molecule has 212 valence electrons. The van der Waals surface area contributed by atoms with Gasteiger partial charge in [-0.3, -0.25) is 4.57 Å². The molecule has 0 atom stereocenters. The van der Waals surface area contributed by atoms with Crippen LogP contribution in [0.25, 0.3) is 71.9 Å². The smallest absolute Gasteiger partial charge is 0.145 e. The highest BCUT2D eigenvalue weighted by Gasteiger charge is 2.23. The van der Waals surface area contributed by atoms with E-state index in [0.717, 1.165) is 28.1 Å². The molecule has 46 heavy (non-hydrogen) atoms. The van der Waals surface area contributed by atoms with Crippen LogP contribution < -0.4 is 27.3 Å². The van der Waals surface area contributed by atoms with Gasteiger partial charge in [0.15, 0.2) is 0 Å². The lowest BCUT2D eigenvalue weighted by molar-refractivity contribution is 1.13. The van der Waals surface area contributed by atoms with Gasteiger partial charge in [0.05, 0.1) is 16.7 Å². The Morgan fingerprint density at radius 1 is 0.413 bits per heavy atom. The standard InChI is InChI=1S/C39H31B5N2/c40-33-32(34(41)36(43)37(44)35(33)42)24-19-20-27-28(21-24)31(22-11-3-1-4-12-22)25-15-7-8-16-26(25)38(27)46-30-18-10-9-17-29(30)45-39(46)23-13-5-2-6-14-23/h1-21H,40-44H2. The molecule has 0 aliphatic rings. The summed E-state index contributed by atoms with van der Waals surface area (Å²) in [6.07, 6.45) is 0. The molecule has 8 rings (SSSR count). The van der Waals surface area contributed by atoms with Gasteiger partial charge in [0, 0.05) is 16.3 Å². The molecule has 0 bridgehead atoms. The van der Waals surface area contributed by atoms with E-state index in [1.807, 2.05) is 0 Å². The molecule has 2 nitrogen and oxygen atoms in total. The molecule has 8 aromatic rings. The number of hydrogen-bond donors (Lipinski definition) is 0. The molecule has 0 spiro atoms. The number of nitrogens with zero attached hydrogens (tertiary/aromatic N) is 2. The van der Waals surface area contributed by atoms with Crippen molar-refractivity contribution in [2.24, 2.45) is 0 Å². The Balaban J connectivity index is 1.57. The maximum Gasteiger partial charge on any atom is 0.145 e. The summed E-state index contributed by atoms with van der Waals surface area (Å²) in [5.41, 5.74) is 16.3. The summed E-state index contributed by atoms with van der Waals surface area (Å²) in [6, 6.07) is 46.0. The average Bonchev–Trinajstić information content (AvgIpc) is 3.49. The maximum atomic E-state index is 5.23. The number of benzene rings is 7. The van der Waals surface area contributed by atoms with Crippen LogP contribution in [0.2, 0.25) is 0 Å². The first kappa shape index (κ1) is 28.3. The largest absolute Gasteiger partial charge is 0.291 e. The van der Waals surface area contributed by atoms with Crippen molar-refractivity contribution >= 4 is 99.1 Å². The molecule has 0 saturated heterocycles. The highest BCUT2D eigenvalue weighted by molar-refractivity contribution is 6.68. The van der Waals surface area contributed by atoms with Crippen molar-refractivity contribution < 1.29 is 0 Å². The summed E-state index contributed by atoms with van der Waals surface area (Å²) in [5, 5.41) is 4.88. The van der Waals surface area contributed by atoms with Gasteiger partial charge in [-0.15, -0.1) is 16.4 Å². The molecule has 0 saturated carbocycles. The van der Waals surface area contributed by atoms with E-state index in [1.165, 1.54) is 71.1 Å². The third-order valence-corrected chi connectivity index (χ3v) is 10.2. The van der Waals surface area contributed by atoms with Crippen LogP contribution in [0.3, 0.4) is 0 Å². The second kappa shape index (κ2) is 11.0. The van der Waals surface area contributed by atoms with Gasteiger partial charge in [-0.2, -0.15) is 0 Å². The van der Waals surface area contributed by atoms with Gasteiger partial charge >= 0.3 is 0 Å². The highest BCUT2D eigenvalue weighted by atomic mass is 15.1. The predicted octanol–water partition coefficient (Wildman–Crippen LogP) is 1.62. The molecule has 7 aromatic carbocycles. The zero-order valence-corrected chi connectivity index (χ0v) is 27.0. The lowest BCUT2D eigenvalue weighted by Crippen LogP contribution is -2.55. The Morgan fingerprint density at radius 2 is 0.957 bits per heavy atom. The molecular formula is C39H31B5N2. The second-order valence-corrected chi connectivity index (χ2v) is 12.5. The van der Waals surface area contributed by atoms with Gasteiger partial charge in [-0.1, -0.05) is 120 Å². The van der Waals surface area contributed by atoms with Crippen molar-refractivity contribution in [3.05, 3.63) is 127 Å². The number of rotatable bonds is 4. The summed E-state index contributed by atoms with van der Waals surface area (Å²) in [4.78, 5) is 5.23. The number of aromatic nitrogens is 2. The Kier molecular flexibility index (Phi) is 6.80.